The molecule has 2 heterocycles. The molecule has 0 amide bonds. The minimum atomic E-state index is 0.893. The molecule has 1 aromatic rings. The molecule has 0 aliphatic carbocycles. The number of nitrogens with one attached hydrogen (secondary N) is 1. The summed E-state index contributed by atoms with van der Waals surface area (Å²) in [6.07, 6.45) is 2.73. The van der Waals surface area contributed by atoms with E-state index in [0.29, 0.717) is 0 Å². The van der Waals surface area contributed by atoms with Crippen LogP contribution in [0.4, 0.5) is 11.6 Å². The van der Waals surface area contributed by atoms with Crippen LogP contribution in [0.1, 0.15) is 20.3 Å². The summed E-state index contributed by atoms with van der Waals surface area (Å²) in [5, 5.41) is 3.33. The fourth-order valence-electron chi connectivity index (χ4n) is 2.22. The zero-order valence-electron chi connectivity index (χ0n) is 11.7. The van der Waals surface area contributed by atoms with Gasteiger partial charge in [-0.3, -0.25) is 0 Å². The van der Waals surface area contributed by atoms with Gasteiger partial charge in [-0.15, -0.1) is 0 Å². The van der Waals surface area contributed by atoms with Crippen LogP contribution in [0, 0.1) is 0 Å². The molecule has 1 N–H and O–H groups in total. The van der Waals surface area contributed by atoms with E-state index in [1.807, 2.05) is 0 Å². The highest BCUT2D eigenvalue weighted by atomic mass is 79.9. The number of hydrogen-bond donors (Lipinski definition) is 1. The molecular formula is C13H22BrN5. The van der Waals surface area contributed by atoms with Crippen LogP contribution in [0.5, 0.6) is 0 Å². The van der Waals surface area contributed by atoms with Crippen molar-refractivity contribution >= 4 is 27.6 Å². The van der Waals surface area contributed by atoms with E-state index in [1.54, 1.807) is 6.33 Å². The van der Waals surface area contributed by atoms with Crippen molar-refractivity contribution in [3.63, 3.8) is 0 Å². The molecule has 5 nitrogen and oxygen atoms in total. The van der Waals surface area contributed by atoms with E-state index in [0.717, 1.165) is 61.8 Å². The van der Waals surface area contributed by atoms with Gasteiger partial charge >= 0.3 is 0 Å². The summed E-state index contributed by atoms with van der Waals surface area (Å²) in [6.45, 7) is 10.7. The van der Waals surface area contributed by atoms with Crippen LogP contribution in [0.15, 0.2) is 10.8 Å². The molecule has 1 aromatic heterocycles. The number of halogens is 1. The molecule has 106 valence electrons. The van der Waals surface area contributed by atoms with Crippen LogP contribution in [-0.2, 0) is 0 Å². The van der Waals surface area contributed by atoms with Crippen molar-refractivity contribution in [2.45, 2.75) is 20.3 Å². The maximum absolute atomic E-state index is 4.43. The standard InChI is InChI=1S/C13H22BrN5/c1-3-5-15-12-11(14)13(17-10-16-12)19-8-6-18(4-2)7-9-19/h10H,3-9H2,1-2H3,(H,15,16,17). The molecule has 1 aliphatic rings. The molecule has 0 aromatic carbocycles. The lowest BCUT2D eigenvalue weighted by molar-refractivity contribution is 0.270. The Balaban J connectivity index is 2.08. The second-order valence-electron chi connectivity index (χ2n) is 4.71. The molecule has 0 atom stereocenters. The smallest absolute Gasteiger partial charge is 0.148 e. The average molecular weight is 328 g/mol. The fourth-order valence-corrected chi connectivity index (χ4v) is 2.82. The first-order valence-corrected chi connectivity index (χ1v) is 7.77. The molecule has 0 spiro atoms. The highest BCUT2D eigenvalue weighted by molar-refractivity contribution is 9.10. The Labute approximate surface area is 123 Å². The summed E-state index contributed by atoms with van der Waals surface area (Å²) in [5.74, 6) is 1.90. The highest BCUT2D eigenvalue weighted by Crippen LogP contribution is 2.29. The topological polar surface area (TPSA) is 44.3 Å². The monoisotopic (exact) mass is 327 g/mol. The van der Waals surface area contributed by atoms with E-state index in [1.165, 1.54) is 0 Å². The van der Waals surface area contributed by atoms with Crippen molar-refractivity contribution in [1.82, 2.24) is 14.9 Å². The highest BCUT2D eigenvalue weighted by Gasteiger charge is 2.20. The molecule has 1 aliphatic heterocycles. The summed E-state index contributed by atoms with van der Waals surface area (Å²) >= 11 is 3.64. The third kappa shape index (κ3) is 3.57. The van der Waals surface area contributed by atoms with Crippen molar-refractivity contribution in [3.8, 4) is 0 Å². The van der Waals surface area contributed by atoms with Gasteiger partial charge in [-0.05, 0) is 28.9 Å². The third-order valence-corrected chi connectivity index (χ3v) is 4.16. The number of likely N-dealkylation sites (N-methyl/N-ethyl adjacent to an activating group) is 1. The zero-order valence-corrected chi connectivity index (χ0v) is 13.3. The van der Waals surface area contributed by atoms with Crippen LogP contribution < -0.4 is 10.2 Å². The Morgan fingerprint density at radius 1 is 1.21 bits per heavy atom. The Morgan fingerprint density at radius 3 is 2.58 bits per heavy atom. The maximum atomic E-state index is 4.43. The van der Waals surface area contributed by atoms with E-state index in [9.17, 15) is 0 Å². The Hall–Kier alpha value is -0.880. The quantitative estimate of drug-likeness (QED) is 0.898. The first kappa shape index (κ1) is 14.5. The normalized spacial score (nSPS) is 16.7. The van der Waals surface area contributed by atoms with Crippen LogP contribution in [0.25, 0.3) is 0 Å². The Morgan fingerprint density at radius 2 is 1.95 bits per heavy atom. The van der Waals surface area contributed by atoms with Crippen molar-refractivity contribution in [3.05, 3.63) is 10.8 Å². The predicted molar refractivity (Wildman–Crippen MR) is 82.8 cm³/mol. The predicted octanol–water partition coefficient (Wildman–Crippen LogP) is 2.20. The third-order valence-electron chi connectivity index (χ3n) is 3.43. The van der Waals surface area contributed by atoms with Crippen molar-refractivity contribution < 1.29 is 0 Å². The number of rotatable bonds is 5. The number of hydrogen-bond acceptors (Lipinski definition) is 5. The number of piperazine rings is 1. The van der Waals surface area contributed by atoms with Crippen LogP contribution in [0.3, 0.4) is 0 Å². The van der Waals surface area contributed by atoms with E-state index in [2.05, 4.69) is 54.9 Å². The van der Waals surface area contributed by atoms with Gasteiger partial charge < -0.3 is 15.1 Å². The summed E-state index contributed by atoms with van der Waals surface area (Å²) in [6, 6.07) is 0. The van der Waals surface area contributed by atoms with Crippen molar-refractivity contribution in [2.24, 2.45) is 0 Å². The van der Waals surface area contributed by atoms with Gasteiger partial charge in [-0.25, -0.2) is 9.97 Å². The largest absolute Gasteiger partial charge is 0.369 e. The SMILES string of the molecule is CCCNc1ncnc(N2CCN(CC)CC2)c1Br. The number of anilines is 2. The minimum Gasteiger partial charge on any atom is -0.369 e. The number of aromatic nitrogens is 2. The first-order chi connectivity index (χ1) is 9.26. The van der Waals surface area contributed by atoms with Crippen LogP contribution in [0.2, 0.25) is 0 Å². The van der Waals surface area contributed by atoms with Gasteiger partial charge in [0.1, 0.15) is 22.4 Å². The maximum Gasteiger partial charge on any atom is 0.148 e. The fraction of sp³-hybridized carbons (Fsp3) is 0.692. The van der Waals surface area contributed by atoms with E-state index >= 15 is 0 Å². The van der Waals surface area contributed by atoms with E-state index in [-0.39, 0.29) is 0 Å². The van der Waals surface area contributed by atoms with E-state index in [4.69, 9.17) is 0 Å². The lowest BCUT2D eigenvalue weighted by Gasteiger charge is -2.35. The van der Waals surface area contributed by atoms with Gasteiger partial charge in [-0.2, -0.15) is 0 Å². The lowest BCUT2D eigenvalue weighted by Crippen LogP contribution is -2.46. The summed E-state index contributed by atoms with van der Waals surface area (Å²) in [4.78, 5) is 13.5. The van der Waals surface area contributed by atoms with Gasteiger partial charge in [-0.1, -0.05) is 13.8 Å². The van der Waals surface area contributed by atoms with Crippen molar-refractivity contribution in [2.75, 3.05) is 49.5 Å². The molecule has 0 radical (unpaired) electrons. The van der Waals surface area contributed by atoms with Gasteiger partial charge in [0.2, 0.25) is 0 Å². The van der Waals surface area contributed by atoms with Gasteiger partial charge in [0.15, 0.2) is 0 Å². The van der Waals surface area contributed by atoms with Crippen LogP contribution >= 0.6 is 15.9 Å². The van der Waals surface area contributed by atoms with Crippen LogP contribution in [-0.4, -0.2) is 54.1 Å². The molecule has 0 bridgehead atoms. The van der Waals surface area contributed by atoms with Gasteiger partial charge in [0.25, 0.3) is 0 Å². The first-order valence-electron chi connectivity index (χ1n) is 6.98. The average Bonchev–Trinajstić information content (AvgIpc) is 2.46. The van der Waals surface area contributed by atoms with Gasteiger partial charge in [0.05, 0.1) is 0 Å². The molecule has 1 fully saturated rings. The molecule has 6 heteroatoms. The molecule has 2 rings (SSSR count). The zero-order chi connectivity index (χ0) is 13.7. The van der Waals surface area contributed by atoms with E-state index < -0.39 is 0 Å². The summed E-state index contributed by atoms with van der Waals surface area (Å²) in [7, 11) is 0. The lowest BCUT2D eigenvalue weighted by atomic mass is 10.3. The summed E-state index contributed by atoms with van der Waals surface area (Å²) in [5.41, 5.74) is 0. The second kappa shape index (κ2) is 7.05. The molecular weight excluding hydrogens is 306 g/mol. The molecule has 1 saturated heterocycles. The van der Waals surface area contributed by atoms with Gasteiger partial charge in [0, 0.05) is 32.7 Å². The summed E-state index contributed by atoms with van der Waals surface area (Å²) < 4.78 is 0.980. The Kier molecular flexibility index (Phi) is 5.39. The minimum absolute atomic E-state index is 0.893. The molecule has 19 heavy (non-hydrogen) atoms. The van der Waals surface area contributed by atoms with Crippen molar-refractivity contribution in [1.29, 1.82) is 0 Å². The molecule has 0 unspecified atom stereocenters. The molecule has 0 saturated carbocycles. The Bertz CT molecular complexity index is 404. The second-order valence-corrected chi connectivity index (χ2v) is 5.50. The number of nitrogens with zero attached hydrogens (tertiary/aromatic N) is 4.